The normalized spacial score (nSPS) is 12.3. The number of H-pyrrole nitrogens is 1. The Labute approximate surface area is 104 Å². The summed E-state index contributed by atoms with van der Waals surface area (Å²) in [5.41, 5.74) is 1.98. The van der Waals surface area contributed by atoms with Gasteiger partial charge in [0, 0.05) is 36.6 Å². The first-order valence-electron chi connectivity index (χ1n) is 5.62. The van der Waals surface area contributed by atoms with E-state index in [1.165, 1.54) is 6.07 Å². The van der Waals surface area contributed by atoms with Crippen LogP contribution in [0.3, 0.4) is 0 Å². The highest BCUT2D eigenvalue weighted by atomic mass is 16.6. The second-order valence-corrected chi connectivity index (χ2v) is 4.03. The Bertz CT molecular complexity index is 525. The summed E-state index contributed by atoms with van der Waals surface area (Å²) in [6.07, 6.45) is 3.36. The molecule has 1 aromatic heterocycles. The van der Waals surface area contributed by atoms with E-state index in [1.54, 1.807) is 24.7 Å². The summed E-state index contributed by atoms with van der Waals surface area (Å²) >= 11 is 0. The minimum Gasteiger partial charge on any atom is -0.347 e. The predicted molar refractivity (Wildman–Crippen MR) is 66.9 cm³/mol. The van der Waals surface area contributed by atoms with Crippen LogP contribution >= 0.6 is 0 Å². The molecule has 6 nitrogen and oxygen atoms in total. The van der Waals surface area contributed by atoms with Crippen molar-refractivity contribution in [3.63, 3.8) is 0 Å². The van der Waals surface area contributed by atoms with Gasteiger partial charge in [-0.3, -0.25) is 10.1 Å². The van der Waals surface area contributed by atoms with Gasteiger partial charge in [-0.25, -0.2) is 4.98 Å². The summed E-state index contributed by atoms with van der Waals surface area (Å²) in [6, 6.07) is 6.68. The van der Waals surface area contributed by atoms with Crippen LogP contribution in [-0.2, 0) is 6.54 Å². The number of imidazole rings is 1. The van der Waals surface area contributed by atoms with Gasteiger partial charge in [-0.15, -0.1) is 0 Å². The van der Waals surface area contributed by atoms with Crippen LogP contribution in [0.2, 0.25) is 0 Å². The summed E-state index contributed by atoms with van der Waals surface area (Å²) in [7, 11) is 0. The molecule has 0 spiro atoms. The quantitative estimate of drug-likeness (QED) is 0.625. The van der Waals surface area contributed by atoms with Crippen LogP contribution in [0, 0.1) is 10.1 Å². The zero-order chi connectivity index (χ0) is 13.0. The fourth-order valence-corrected chi connectivity index (χ4v) is 1.67. The molecule has 0 amide bonds. The monoisotopic (exact) mass is 246 g/mol. The standard InChI is InChI=1S/C12H14N4O2/c1-9(14-7-11-6-13-8-15-11)10-3-2-4-12(5-10)16(17)18/h2-6,8-9,14H,7H2,1H3,(H,13,15). The number of benzene rings is 1. The molecular formula is C12H14N4O2. The van der Waals surface area contributed by atoms with E-state index in [2.05, 4.69) is 15.3 Å². The van der Waals surface area contributed by atoms with Gasteiger partial charge in [-0.2, -0.15) is 0 Å². The van der Waals surface area contributed by atoms with E-state index in [1.807, 2.05) is 13.0 Å². The number of nitrogens with zero attached hydrogens (tertiary/aromatic N) is 2. The highest BCUT2D eigenvalue weighted by Crippen LogP contribution is 2.19. The van der Waals surface area contributed by atoms with Crippen molar-refractivity contribution in [1.29, 1.82) is 0 Å². The van der Waals surface area contributed by atoms with Gasteiger partial charge in [-0.1, -0.05) is 12.1 Å². The fraction of sp³-hybridized carbons (Fsp3) is 0.250. The van der Waals surface area contributed by atoms with Crippen molar-refractivity contribution in [1.82, 2.24) is 15.3 Å². The van der Waals surface area contributed by atoms with Crippen LogP contribution in [0.5, 0.6) is 0 Å². The lowest BCUT2D eigenvalue weighted by atomic mass is 10.1. The lowest BCUT2D eigenvalue weighted by molar-refractivity contribution is -0.384. The van der Waals surface area contributed by atoms with Gasteiger partial charge in [0.05, 0.1) is 11.3 Å². The summed E-state index contributed by atoms with van der Waals surface area (Å²) in [4.78, 5) is 17.2. The maximum Gasteiger partial charge on any atom is 0.269 e. The number of rotatable bonds is 5. The van der Waals surface area contributed by atoms with Gasteiger partial charge in [0.2, 0.25) is 0 Å². The molecule has 2 aromatic rings. The minimum absolute atomic E-state index is 0.0354. The Kier molecular flexibility index (Phi) is 3.69. The number of hydrogen-bond donors (Lipinski definition) is 2. The van der Waals surface area contributed by atoms with Crippen molar-refractivity contribution < 1.29 is 4.92 Å². The number of nitro groups is 1. The Morgan fingerprint density at radius 3 is 3.06 bits per heavy atom. The van der Waals surface area contributed by atoms with Crippen LogP contribution in [0.4, 0.5) is 5.69 Å². The molecule has 1 atom stereocenters. The van der Waals surface area contributed by atoms with E-state index in [-0.39, 0.29) is 16.7 Å². The van der Waals surface area contributed by atoms with Gasteiger partial charge >= 0.3 is 0 Å². The average Bonchev–Trinajstić information content (AvgIpc) is 2.89. The van der Waals surface area contributed by atoms with Gasteiger partial charge in [0.25, 0.3) is 5.69 Å². The molecule has 0 aliphatic heterocycles. The average molecular weight is 246 g/mol. The van der Waals surface area contributed by atoms with E-state index in [4.69, 9.17) is 0 Å². The van der Waals surface area contributed by atoms with Gasteiger partial charge < -0.3 is 10.3 Å². The summed E-state index contributed by atoms with van der Waals surface area (Å²) in [6.45, 7) is 2.61. The van der Waals surface area contributed by atoms with E-state index in [9.17, 15) is 10.1 Å². The third-order valence-corrected chi connectivity index (χ3v) is 2.73. The Morgan fingerprint density at radius 1 is 1.56 bits per heavy atom. The number of aromatic nitrogens is 2. The van der Waals surface area contributed by atoms with E-state index in [0.717, 1.165) is 11.3 Å². The molecule has 6 heteroatoms. The first kappa shape index (κ1) is 12.3. The van der Waals surface area contributed by atoms with E-state index >= 15 is 0 Å². The van der Waals surface area contributed by atoms with Crippen molar-refractivity contribution in [3.8, 4) is 0 Å². The van der Waals surface area contributed by atoms with Gasteiger partial charge in [0.15, 0.2) is 0 Å². The zero-order valence-corrected chi connectivity index (χ0v) is 9.96. The smallest absolute Gasteiger partial charge is 0.269 e. The molecule has 0 aliphatic carbocycles. The molecule has 0 saturated heterocycles. The summed E-state index contributed by atoms with van der Waals surface area (Å²) in [5.74, 6) is 0. The third-order valence-electron chi connectivity index (χ3n) is 2.73. The molecule has 18 heavy (non-hydrogen) atoms. The van der Waals surface area contributed by atoms with Crippen LogP contribution in [0.1, 0.15) is 24.2 Å². The van der Waals surface area contributed by atoms with Crippen molar-refractivity contribution in [2.45, 2.75) is 19.5 Å². The number of non-ortho nitro benzene ring substituents is 1. The molecule has 2 rings (SSSR count). The first-order valence-corrected chi connectivity index (χ1v) is 5.62. The Morgan fingerprint density at radius 2 is 2.39 bits per heavy atom. The van der Waals surface area contributed by atoms with Gasteiger partial charge in [0.1, 0.15) is 0 Å². The maximum absolute atomic E-state index is 10.7. The van der Waals surface area contributed by atoms with E-state index < -0.39 is 0 Å². The second-order valence-electron chi connectivity index (χ2n) is 4.03. The molecule has 1 unspecified atom stereocenters. The highest BCUT2D eigenvalue weighted by molar-refractivity contribution is 5.35. The van der Waals surface area contributed by atoms with Crippen molar-refractivity contribution in [2.75, 3.05) is 0 Å². The number of nitro benzene ring substituents is 1. The number of nitrogens with one attached hydrogen (secondary N) is 2. The highest BCUT2D eigenvalue weighted by Gasteiger charge is 2.10. The molecule has 0 fully saturated rings. The van der Waals surface area contributed by atoms with Crippen LogP contribution in [0.25, 0.3) is 0 Å². The molecule has 0 bridgehead atoms. The van der Waals surface area contributed by atoms with E-state index in [0.29, 0.717) is 6.54 Å². The lowest BCUT2D eigenvalue weighted by Gasteiger charge is -2.13. The third kappa shape index (κ3) is 2.92. The van der Waals surface area contributed by atoms with Crippen molar-refractivity contribution in [2.24, 2.45) is 0 Å². The second kappa shape index (κ2) is 5.42. The molecule has 1 aromatic carbocycles. The van der Waals surface area contributed by atoms with Crippen LogP contribution in [-0.4, -0.2) is 14.9 Å². The summed E-state index contributed by atoms with van der Waals surface area (Å²) in [5, 5.41) is 14.0. The largest absolute Gasteiger partial charge is 0.347 e. The fourth-order valence-electron chi connectivity index (χ4n) is 1.67. The molecule has 0 saturated carbocycles. The molecular weight excluding hydrogens is 232 g/mol. The van der Waals surface area contributed by atoms with Crippen molar-refractivity contribution >= 4 is 5.69 Å². The predicted octanol–water partition coefficient (Wildman–Crippen LogP) is 2.17. The Balaban J connectivity index is 2.02. The lowest BCUT2D eigenvalue weighted by Crippen LogP contribution is -2.18. The molecule has 94 valence electrons. The van der Waals surface area contributed by atoms with Crippen molar-refractivity contribution in [3.05, 3.63) is 58.2 Å². The topological polar surface area (TPSA) is 83.8 Å². The number of aromatic amines is 1. The SMILES string of the molecule is CC(NCc1cnc[nH]1)c1cccc([N+](=O)[O-])c1. The number of hydrogen-bond acceptors (Lipinski definition) is 4. The maximum atomic E-state index is 10.7. The Hall–Kier alpha value is -2.21. The molecule has 0 aliphatic rings. The summed E-state index contributed by atoms with van der Waals surface area (Å²) < 4.78 is 0. The molecule has 2 N–H and O–H groups in total. The van der Waals surface area contributed by atoms with Crippen LogP contribution in [0.15, 0.2) is 36.8 Å². The van der Waals surface area contributed by atoms with Gasteiger partial charge in [-0.05, 0) is 12.5 Å². The first-order chi connectivity index (χ1) is 8.66. The zero-order valence-electron chi connectivity index (χ0n) is 9.96. The molecule has 1 heterocycles. The minimum atomic E-state index is -0.384. The molecule has 0 radical (unpaired) electrons. The van der Waals surface area contributed by atoms with Crippen LogP contribution < -0.4 is 5.32 Å².